The topological polar surface area (TPSA) is 125 Å². The molecule has 1 aliphatic rings. The van der Waals surface area contributed by atoms with Crippen molar-refractivity contribution in [3.8, 4) is 11.5 Å². The van der Waals surface area contributed by atoms with E-state index in [1.165, 1.54) is 18.1 Å². The van der Waals surface area contributed by atoms with Gasteiger partial charge in [0, 0.05) is 12.6 Å². The van der Waals surface area contributed by atoms with Gasteiger partial charge in [0.05, 0.1) is 42.9 Å². The summed E-state index contributed by atoms with van der Waals surface area (Å²) >= 11 is 0. The van der Waals surface area contributed by atoms with Gasteiger partial charge in [-0.2, -0.15) is 0 Å². The van der Waals surface area contributed by atoms with Gasteiger partial charge in [0.25, 0.3) is 17.5 Å². The molecule has 10 nitrogen and oxygen atoms in total. The first-order chi connectivity index (χ1) is 14.9. The van der Waals surface area contributed by atoms with Crippen LogP contribution in [0.15, 0.2) is 36.4 Å². The third-order valence-electron chi connectivity index (χ3n) is 4.80. The maximum Gasteiger partial charge on any atom is 0.345 e. The molecule has 0 aromatic heterocycles. The van der Waals surface area contributed by atoms with Crippen molar-refractivity contribution in [3.63, 3.8) is 0 Å². The zero-order valence-corrected chi connectivity index (χ0v) is 17.0. The van der Waals surface area contributed by atoms with Crippen LogP contribution in [-0.2, 0) is 4.74 Å². The number of methoxy groups -OCH3 is 2. The molecule has 0 unspecified atom stereocenters. The fourth-order valence-corrected chi connectivity index (χ4v) is 3.24. The van der Waals surface area contributed by atoms with Crippen molar-refractivity contribution in [2.75, 3.05) is 27.4 Å². The maximum absolute atomic E-state index is 12.4. The van der Waals surface area contributed by atoms with Crippen LogP contribution in [0.4, 0.5) is 5.69 Å². The first-order valence-electron chi connectivity index (χ1n) is 9.41. The first-order valence-corrected chi connectivity index (χ1v) is 9.41. The van der Waals surface area contributed by atoms with Gasteiger partial charge in [-0.15, -0.1) is 0 Å². The number of hydrogen-bond acceptors (Lipinski definition) is 8. The molecular weight excluding hydrogens is 408 g/mol. The minimum absolute atomic E-state index is 0.0969. The fourth-order valence-electron chi connectivity index (χ4n) is 3.24. The quantitative estimate of drug-likeness (QED) is 0.196. The number of hydrogen-bond donors (Lipinski definition) is 0. The van der Waals surface area contributed by atoms with Crippen LogP contribution in [0.1, 0.15) is 43.9 Å². The molecule has 0 aliphatic carbocycles. The van der Waals surface area contributed by atoms with Crippen LogP contribution >= 0.6 is 0 Å². The lowest BCUT2D eigenvalue weighted by Crippen LogP contribution is -2.30. The molecule has 0 fully saturated rings. The number of unbranched alkanes of at least 4 members (excludes halogenated alkanes) is 1. The summed E-state index contributed by atoms with van der Waals surface area (Å²) in [5.74, 6) is -1.26. The van der Waals surface area contributed by atoms with Crippen molar-refractivity contribution in [3.05, 3.63) is 63.2 Å². The van der Waals surface area contributed by atoms with Gasteiger partial charge in [-0.3, -0.25) is 24.6 Å². The molecule has 2 amide bonds. The van der Waals surface area contributed by atoms with E-state index in [0.717, 1.165) is 13.2 Å². The molecule has 1 heterocycles. The summed E-state index contributed by atoms with van der Waals surface area (Å²) in [6.45, 7) is 0.415. The molecule has 2 aromatic rings. The van der Waals surface area contributed by atoms with E-state index in [4.69, 9.17) is 9.47 Å². The molecule has 0 spiro atoms. The minimum atomic E-state index is -0.871. The molecule has 3 rings (SSSR count). The van der Waals surface area contributed by atoms with E-state index < -0.39 is 16.6 Å². The van der Waals surface area contributed by atoms with Crippen molar-refractivity contribution in [1.82, 2.24) is 4.90 Å². The molecule has 1 aliphatic heterocycles. The molecule has 0 radical (unpaired) electrons. The third-order valence-corrected chi connectivity index (χ3v) is 4.80. The Bertz CT molecular complexity index is 1010. The Morgan fingerprint density at radius 1 is 1.03 bits per heavy atom. The number of esters is 1. The monoisotopic (exact) mass is 428 g/mol. The Balaban J connectivity index is 1.61. The van der Waals surface area contributed by atoms with Crippen LogP contribution in [0.3, 0.4) is 0 Å². The van der Waals surface area contributed by atoms with Crippen molar-refractivity contribution in [2.45, 2.75) is 12.8 Å². The summed E-state index contributed by atoms with van der Waals surface area (Å²) < 4.78 is 15.4. The van der Waals surface area contributed by atoms with Gasteiger partial charge >= 0.3 is 5.97 Å². The average molecular weight is 428 g/mol. The van der Waals surface area contributed by atoms with Gasteiger partial charge in [0.1, 0.15) is 5.56 Å². The summed E-state index contributed by atoms with van der Waals surface area (Å²) in [6.07, 6.45) is 0.978. The van der Waals surface area contributed by atoms with Gasteiger partial charge in [0.2, 0.25) is 0 Å². The molecule has 0 saturated heterocycles. The molecular formula is C21H20N2O8. The Morgan fingerprint density at radius 2 is 1.68 bits per heavy atom. The van der Waals surface area contributed by atoms with E-state index >= 15 is 0 Å². The Kier molecular flexibility index (Phi) is 6.49. The highest BCUT2D eigenvalue weighted by atomic mass is 16.6. The predicted molar refractivity (Wildman–Crippen MR) is 108 cm³/mol. The summed E-state index contributed by atoms with van der Waals surface area (Å²) in [5.41, 5.74) is 0.0837. The number of amides is 2. The maximum atomic E-state index is 12.4. The highest BCUT2D eigenvalue weighted by molar-refractivity contribution is 6.21. The first kappa shape index (κ1) is 21.8. The average Bonchev–Trinajstić information content (AvgIpc) is 3.02. The Labute approximate surface area is 177 Å². The zero-order valence-electron chi connectivity index (χ0n) is 17.0. The number of carbonyl (C=O) groups is 3. The zero-order chi connectivity index (χ0) is 22.5. The second-order valence-electron chi connectivity index (χ2n) is 6.63. The van der Waals surface area contributed by atoms with E-state index in [9.17, 15) is 24.5 Å². The number of nitrogens with zero attached hydrogens (tertiary/aromatic N) is 2. The largest absolute Gasteiger partial charge is 0.493 e. The van der Waals surface area contributed by atoms with Crippen LogP contribution in [-0.4, -0.2) is 55.0 Å². The molecule has 0 bridgehead atoms. The van der Waals surface area contributed by atoms with E-state index in [-0.39, 0.29) is 42.0 Å². The number of nitro groups is 1. The smallest absolute Gasteiger partial charge is 0.345 e. The standard InChI is InChI=1S/C21H20N2O8/c1-29-17-12-16(23(27)28)15(21(26)30-2)11-18(17)31-10-6-5-9-22-19(24)13-7-3-4-8-14(13)20(22)25/h3-4,7-8,11-12H,5-6,9-10H2,1-2H3. The lowest BCUT2D eigenvalue weighted by atomic mass is 10.1. The number of imide groups is 1. The molecule has 2 aromatic carbocycles. The molecule has 162 valence electrons. The van der Waals surface area contributed by atoms with Crippen LogP contribution in [0.5, 0.6) is 11.5 Å². The molecule has 0 atom stereocenters. The molecule has 10 heteroatoms. The van der Waals surface area contributed by atoms with Gasteiger partial charge in [-0.25, -0.2) is 4.79 Å². The summed E-state index contributed by atoms with van der Waals surface area (Å²) in [4.78, 5) is 48.3. The number of nitro benzene ring substituents is 1. The summed E-state index contributed by atoms with van der Waals surface area (Å²) in [5, 5.41) is 11.2. The molecule has 31 heavy (non-hydrogen) atoms. The second-order valence-corrected chi connectivity index (χ2v) is 6.63. The molecule has 0 N–H and O–H groups in total. The van der Waals surface area contributed by atoms with Gasteiger partial charge in [-0.05, 0) is 25.0 Å². The Morgan fingerprint density at radius 3 is 2.23 bits per heavy atom. The highest BCUT2D eigenvalue weighted by Gasteiger charge is 2.34. The van der Waals surface area contributed by atoms with Crippen molar-refractivity contribution < 1.29 is 33.5 Å². The number of rotatable bonds is 9. The van der Waals surface area contributed by atoms with Gasteiger partial charge in [-0.1, -0.05) is 12.1 Å². The lowest BCUT2D eigenvalue weighted by Gasteiger charge is -2.15. The summed E-state index contributed by atoms with van der Waals surface area (Å²) in [6, 6.07) is 8.97. The fraction of sp³-hybridized carbons (Fsp3) is 0.286. The summed E-state index contributed by atoms with van der Waals surface area (Å²) in [7, 11) is 2.45. The van der Waals surface area contributed by atoms with E-state index in [1.807, 2.05) is 0 Å². The number of ether oxygens (including phenoxy) is 3. The van der Waals surface area contributed by atoms with Crippen molar-refractivity contribution in [2.24, 2.45) is 0 Å². The lowest BCUT2D eigenvalue weighted by molar-refractivity contribution is -0.385. The van der Waals surface area contributed by atoms with Crippen molar-refractivity contribution >= 4 is 23.5 Å². The SMILES string of the molecule is COC(=O)c1cc(OCCCCN2C(=O)c3ccccc3C2=O)c(OC)cc1[N+](=O)[O-]. The van der Waals surface area contributed by atoms with Crippen LogP contribution < -0.4 is 9.47 Å². The van der Waals surface area contributed by atoms with Gasteiger partial charge < -0.3 is 14.2 Å². The van der Waals surface area contributed by atoms with Gasteiger partial charge in [0.15, 0.2) is 11.5 Å². The number of carbonyl (C=O) groups excluding carboxylic acids is 3. The number of fused-ring (bicyclic) bond motifs is 1. The molecule has 0 saturated carbocycles. The highest BCUT2D eigenvalue weighted by Crippen LogP contribution is 2.35. The van der Waals surface area contributed by atoms with Crippen LogP contribution in [0, 0.1) is 10.1 Å². The van der Waals surface area contributed by atoms with E-state index in [0.29, 0.717) is 24.0 Å². The third kappa shape index (κ3) is 4.32. The predicted octanol–water partition coefficient (Wildman–Crippen LogP) is 2.85. The van der Waals surface area contributed by atoms with E-state index in [1.54, 1.807) is 24.3 Å². The van der Waals surface area contributed by atoms with Crippen molar-refractivity contribution in [1.29, 1.82) is 0 Å². The number of benzene rings is 2. The van der Waals surface area contributed by atoms with Crippen LogP contribution in [0.25, 0.3) is 0 Å². The normalized spacial score (nSPS) is 12.5. The van der Waals surface area contributed by atoms with E-state index in [2.05, 4.69) is 4.74 Å². The van der Waals surface area contributed by atoms with Crippen LogP contribution in [0.2, 0.25) is 0 Å². The Hall–Kier alpha value is -3.95. The second kappa shape index (κ2) is 9.24. The minimum Gasteiger partial charge on any atom is -0.493 e.